The largest absolute Gasteiger partial charge is 0.497 e. The van der Waals surface area contributed by atoms with E-state index >= 15 is 0 Å². The molecule has 0 atom stereocenters. The molecule has 2 aromatic carbocycles. The third-order valence-electron chi connectivity index (χ3n) is 6.12. The smallest absolute Gasteiger partial charge is 0.320 e. The van der Waals surface area contributed by atoms with Crippen LogP contribution in [0.1, 0.15) is 25.3 Å². The summed E-state index contributed by atoms with van der Waals surface area (Å²) < 4.78 is 21.8. The van der Waals surface area contributed by atoms with Gasteiger partial charge in [0.2, 0.25) is 6.79 Å². The van der Waals surface area contributed by atoms with Crippen LogP contribution in [0.3, 0.4) is 0 Å². The highest BCUT2D eigenvalue weighted by atomic mass is 16.7. The minimum absolute atomic E-state index is 0.0760. The third-order valence-corrected chi connectivity index (χ3v) is 6.12. The van der Waals surface area contributed by atoms with Crippen LogP contribution >= 0.6 is 0 Å². The topological polar surface area (TPSA) is 107 Å². The van der Waals surface area contributed by atoms with E-state index in [0.717, 1.165) is 44.0 Å². The number of carbonyl (C=O) groups is 1. The summed E-state index contributed by atoms with van der Waals surface area (Å²) in [6.45, 7) is 5.17. The maximum atomic E-state index is 12.8. The lowest BCUT2D eigenvalue weighted by molar-refractivity contribution is 0.173. The lowest BCUT2D eigenvalue weighted by atomic mass is 10.0. The molecule has 0 aliphatic carbocycles. The number of aromatic nitrogens is 2. The average Bonchev–Trinajstić information content (AvgIpc) is 3.33. The fourth-order valence-corrected chi connectivity index (χ4v) is 4.33. The Hall–Kier alpha value is -3.79. The highest BCUT2D eigenvalue weighted by molar-refractivity contribution is 5.91. The molecule has 3 heterocycles. The summed E-state index contributed by atoms with van der Waals surface area (Å²) in [6.07, 6.45) is 1.72. The number of carbonyl (C=O) groups excluding carboxylic acids is 1. The van der Waals surface area contributed by atoms with Gasteiger partial charge in [0, 0.05) is 31.7 Å². The quantitative estimate of drug-likeness (QED) is 0.530. The molecule has 0 unspecified atom stereocenters. The Morgan fingerprint density at radius 2 is 1.91 bits per heavy atom. The van der Waals surface area contributed by atoms with Crippen molar-refractivity contribution >= 4 is 22.9 Å². The van der Waals surface area contributed by atoms with Crippen LogP contribution in [-0.2, 0) is 6.54 Å². The zero-order valence-electron chi connectivity index (χ0n) is 19.9. The first kappa shape index (κ1) is 23.0. The Labute approximate surface area is 203 Å². The summed E-state index contributed by atoms with van der Waals surface area (Å²) in [5.74, 6) is 2.84. The number of hydrogen-bond acceptors (Lipinski definition) is 8. The van der Waals surface area contributed by atoms with Crippen molar-refractivity contribution in [2.24, 2.45) is 0 Å². The van der Waals surface area contributed by atoms with Crippen molar-refractivity contribution < 1.29 is 23.7 Å². The molecule has 1 fully saturated rings. The molecule has 0 spiro atoms. The van der Waals surface area contributed by atoms with Gasteiger partial charge in [0.25, 0.3) is 5.88 Å². The van der Waals surface area contributed by atoms with Crippen molar-refractivity contribution in [3.05, 3.63) is 42.0 Å². The minimum Gasteiger partial charge on any atom is -0.497 e. The van der Waals surface area contributed by atoms with Crippen LogP contribution in [0.25, 0.3) is 11.0 Å². The molecule has 0 radical (unpaired) electrons. The third kappa shape index (κ3) is 5.32. The van der Waals surface area contributed by atoms with E-state index in [1.54, 1.807) is 13.2 Å². The van der Waals surface area contributed by atoms with Gasteiger partial charge in [-0.2, -0.15) is 0 Å². The number of rotatable bonds is 7. The molecule has 1 aromatic heterocycles. The number of urea groups is 1. The Morgan fingerprint density at radius 1 is 1.09 bits per heavy atom. The van der Waals surface area contributed by atoms with E-state index in [2.05, 4.69) is 31.6 Å². The first-order valence-electron chi connectivity index (χ1n) is 11.8. The van der Waals surface area contributed by atoms with Crippen LogP contribution in [0, 0.1) is 0 Å². The number of hydrogen-bond donors (Lipinski definition) is 2. The molecule has 2 N–H and O–H groups in total. The molecule has 10 nitrogen and oxygen atoms in total. The van der Waals surface area contributed by atoms with E-state index in [1.807, 2.05) is 31.2 Å². The molecular formula is C25H29N5O5. The maximum Gasteiger partial charge on any atom is 0.320 e. The number of anilines is 1. The lowest BCUT2D eigenvalue weighted by Crippen LogP contribution is -2.45. The van der Waals surface area contributed by atoms with Gasteiger partial charge >= 0.3 is 6.03 Å². The summed E-state index contributed by atoms with van der Waals surface area (Å²) >= 11 is 0. The number of piperidine rings is 1. The predicted molar refractivity (Wildman–Crippen MR) is 130 cm³/mol. The summed E-state index contributed by atoms with van der Waals surface area (Å²) in [5.41, 5.74) is 2.46. The molecular weight excluding hydrogens is 450 g/mol. The summed E-state index contributed by atoms with van der Waals surface area (Å²) in [4.78, 5) is 24.2. The van der Waals surface area contributed by atoms with Gasteiger partial charge in [0.1, 0.15) is 5.75 Å². The number of methoxy groups -OCH3 is 1. The number of benzene rings is 2. The highest BCUT2D eigenvalue weighted by Gasteiger charge is 2.23. The Balaban J connectivity index is 1.17. The highest BCUT2D eigenvalue weighted by Crippen LogP contribution is 2.33. The van der Waals surface area contributed by atoms with Crippen LogP contribution in [0.15, 0.2) is 36.4 Å². The number of ether oxygens (including phenoxy) is 4. The monoisotopic (exact) mass is 479 g/mol. The number of nitrogens with zero attached hydrogens (tertiary/aromatic N) is 3. The summed E-state index contributed by atoms with van der Waals surface area (Å²) in [7, 11) is 1.59. The fraction of sp³-hybridized carbons (Fsp3) is 0.400. The average molecular weight is 480 g/mol. The van der Waals surface area contributed by atoms with Crippen molar-refractivity contribution in [3.8, 4) is 23.1 Å². The Bertz CT molecular complexity index is 1210. The Kier molecular flexibility index (Phi) is 6.71. The van der Waals surface area contributed by atoms with Gasteiger partial charge in [-0.3, -0.25) is 10.2 Å². The normalized spacial score (nSPS) is 15.7. The van der Waals surface area contributed by atoms with E-state index in [-0.39, 0.29) is 24.7 Å². The van der Waals surface area contributed by atoms with E-state index in [4.69, 9.17) is 18.9 Å². The second-order valence-corrected chi connectivity index (χ2v) is 8.50. The van der Waals surface area contributed by atoms with E-state index in [9.17, 15) is 4.79 Å². The number of amides is 2. The van der Waals surface area contributed by atoms with Crippen LogP contribution in [0.5, 0.6) is 23.1 Å². The summed E-state index contributed by atoms with van der Waals surface area (Å²) in [6, 6.07) is 11.2. The van der Waals surface area contributed by atoms with Crippen LogP contribution in [0.4, 0.5) is 10.6 Å². The second-order valence-electron chi connectivity index (χ2n) is 8.50. The van der Waals surface area contributed by atoms with Crippen LogP contribution in [-0.4, -0.2) is 60.5 Å². The first-order chi connectivity index (χ1) is 17.1. The number of nitrogens with one attached hydrogen (secondary N) is 2. The first-order valence-corrected chi connectivity index (χ1v) is 11.8. The van der Waals surface area contributed by atoms with Crippen LogP contribution in [0.2, 0.25) is 0 Å². The number of fused-ring (bicyclic) bond motifs is 2. The van der Waals surface area contributed by atoms with E-state index in [1.165, 1.54) is 5.56 Å². The van der Waals surface area contributed by atoms with Gasteiger partial charge in [-0.05, 0) is 49.6 Å². The molecule has 184 valence electrons. The molecule has 0 bridgehead atoms. The molecule has 35 heavy (non-hydrogen) atoms. The van der Waals surface area contributed by atoms with Crippen molar-refractivity contribution in [3.63, 3.8) is 0 Å². The molecule has 5 rings (SSSR count). The van der Waals surface area contributed by atoms with Crippen molar-refractivity contribution in [2.75, 3.05) is 38.9 Å². The summed E-state index contributed by atoms with van der Waals surface area (Å²) in [5, 5.41) is 5.88. The van der Waals surface area contributed by atoms with Gasteiger partial charge in [-0.25, -0.2) is 14.8 Å². The predicted octanol–water partition coefficient (Wildman–Crippen LogP) is 3.55. The molecule has 2 aliphatic rings. The minimum atomic E-state index is -0.322. The fourth-order valence-electron chi connectivity index (χ4n) is 4.33. The molecule has 0 saturated carbocycles. The van der Waals surface area contributed by atoms with Crippen molar-refractivity contribution in [1.29, 1.82) is 0 Å². The molecule has 10 heteroatoms. The van der Waals surface area contributed by atoms with Crippen LogP contribution < -0.4 is 29.6 Å². The molecule has 1 saturated heterocycles. The van der Waals surface area contributed by atoms with E-state index < -0.39 is 0 Å². The zero-order chi connectivity index (χ0) is 24.2. The zero-order valence-corrected chi connectivity index (χ0v) is 19.9. The Morgan fingerprint density at radius 3 is 2.71 bits per heavy atom. The second kappa shape index (κ2) is 10.2. The molecule has 3 aromatic rings. The number of likely N-dealkylation sites (tertiary alicyclic amines) is 1. The van der Waals surface area contributed by atoms with Gasteiger partial charge in [0.05, 0.1) is 24.8 Å². The van der Waals surface area contributed by atoms with Crippen molar-refractivity contribution in [1.82, 2.24) is 20.2 Å². The van der Waals surface area contributed by atoms with Gasteiger partial charge in [-0.15, -0.1) is 0 Å². The molecule has 2 aliphatic heterocycles. The standard InChI is InChI=1S/C25H29N5O5/c1-3-33-24-23(27-20-13-18(32-2)5-6-19(20)28-24)29-25(31)26-17-8-10-30(11-9-17)14-16-4-7-21-22(12-16)35-15-34-21/h4-7,12-13,17H,3,8-11,14-15H2,1-2H3,(H2,26,27,29,31). The maximum absolute atomic E-state index is 12.8. The SMILES string of the molecule is CCOc1nc2ccc(OC)cc2nc1NC(=O)NC1CCN(Cc2ccc3c(c2)OCO3)CC1. The van der Waals surface area contributed by atoms with Gasteiger partial charge < -0.3 is 24.3 Å². The lowest BCUT2D eigenvalue weighted by Gasteiger charge is -2.32. The van der Waals surface area contributed by atoms with Crippen molar-refractivity contribution in [2.45, 2.75) is 32.4 Å². The van der Waals surface area contributed by atoms with E-state index in [0.29, 0.717) is 29.3 Å². The van der Waals surface area contributed by atoms with Gasteiger partial charge in [-0.1, -0.05) is 6.07 Å². The van der Waals surface area contributed by atoms with Gasteiger partial charge in [0.15, 0.2) is 17.3 Å². The molecule has 2 amide bonds.